The SMILES string of the molecule is C=CCN(CCO)S(=O)(=O)c1cc(Br)c(Cl)c(C(=O)O)c1. The molecular weight excluding hydrogens is 386 g/mol. The Labute approximate surface area is 135 Å². The van der Waals surface area contributed by atoms with Crippen LogP contribution in [-0.2, 0) is 10.0 Å². The fourth-order valence-corrected chi connectivity index (χ4v) is 3.84. The Balaban J connectivity index is 3.43. The molecule has 0 heterocycles. The quantitative estimate of drug-likeness (QED) is 0.685. The fraction of sp³-hybridized carbons (Fsp3) is 0.250. The van der Waals surface area contributed by atoms with Crippen LogP contribution in [0.25, 0.3) is 0 Å². The molecule has 6 nitrogen and oxygen atoms in total. The maximum absolute atomic E-state index is 12.5. The van der Waals surface area contributed by atoms with Crippen LogP contribution in [0.5, 0.6) is 0 Å². The Bertz CT molecular complexity index is 662. The lowest BCUT2D eigenvalue weighted by atomic mass is 10.2. The van der Waals surface area contributed by atoms with E-state index in [0.717, 1.165) is 10.4 Å². The second-order valence-corrected chi connectivity index (χ2v) is 7.12. The average molecular weight is 399 g/mol. The minimum Gasteiger partial charge on any atom is -0.478 e. The van der Waals surface area contributed by atoms with E-state index in [4.69, 9.17) is 21.8 Å². The lowest BCUT2D eigenvalue weighted by Gasteiger charge is -2.20. The zero-order valence-corrected chi connectivity index (χ0v) is 13.9. The van der Waals surface area contributed by atoms with Gasteiger partial charge in [-0.2, -0.15) is 4.31 Å². The second kappa shape index (κ2) is 7.37. The van der Waals surface area contributed by atoms with E-state index in [1.165, 1.54) is 12.1 Å². The van der Waals surface area contributed by atoms with Crippen LogP contribution in [0.4, 0.5) is 0 Å². The smallest absolute Gasteiger partial charge is 0.337 e. The van der Waals surface area contributed by atoms with Crippen molar-refractivity contribution in [2.75, 3.05) is 19.7 Å². The molecule has 1 rings (SSSR count). The van der Waals surface area contributed by atoms with Crippen LogP contribution in [0.3, 0.4) is 0 Å². The molecule has 116 valence electrons. The van der Waals surface area contributed by atoms with Crippen molar-refractivity contribution < 1.29 is 23.4 Å². The molecule has 0 spiro atoms. The third-order valence-corrected chi connectivity index (χ3v) is 5.66. The molecule has 0 atom stereocenters. The molecule has 1 aromatic carbocycles. The van der Waals surface area contributed by atoms with E-state index in [-0.39, 0.29) is 39.7 Å². The topological polar surface area (TPSA) is 94.9 Å². The van der Waals surface area contributed by atoms with Crippen molar-refractivity contribution >= 4 is 43.5 Å². The van der Waals surface area contributed by atoms with Gasteiger partial charge in [0.05, 0.1) is 22.1 Å². The van der Waals surface area contributed by atoms with Gasteiger partial charge >= 0.3 is 5.97 Å². The molecule has 9 heteroatoms. The fourth-order valence-electron chi connectivity index (χ4n) is 1.58. The Morgan fingerprint density at radius 3 is 2.57 bits per heavy atom. The lowest BCUT2D eigenvalue weighted by molar-refractivity contribution is 0.0696. The van der Waals surface area contributed by atoms with Gasteiger partial charge in [-0.15, -0.1) is 6.58 Å². The molecule has 0 aromatic heterocycles. The normalized spacial score (nSPS) is 11.6. The second-order valence-electron chi connectivity index (χ2n) is 3.95. The highest BCUT2D eigenvalue weighted by molar-refractivity contribution is 9.10. The summed E-state index contributed by atoms with van der Waals surface area (Å²) in [5.74, 6) is -1.34. The maximum Gasteiger partial charge on any atom is 0.337 e. The van der Waals surface area contributed by atoms with Crippen molar-refractivity contribution in [2.24, 2.45) is 0 Å². The van der Waals surface area contributed by atoms with Crippen LogP contribution in [-0.4, -0.2) is 48.6 Å². The highest BCUT2D eigenvalue weighted by Gasteiger charge is 2.26. The van der Waals surface area contributed by atoms with Crippen LogP contribution < -0.4 is 0 Å². The number of hydrogen-bond donors (Lipinski definition) is 2. The predicted molar refractivity (Wildman–Crippen MR) is 82.2 cm³/mol. The number of halogens is 2. The standard InChI is InChI=1S/C12H13BrClNO5S/c1-2-3-15(4-5-16)21(19,20)8-6-9(12(17)18)11(14)10(13)7-8/h2,6-7,16H,1,3-5H2,(H,17,18). The summed E-state index contributed by atoms with van der Waals surface area (Å²) in [6, 6.07) is 2.20. The number of rotatable bonds is 7. The molecule has 2 N–H and O–H groups in total. The molecule has 0 saturated heterocycles. The Hall–Kier alpha value is -0.930. The van der Waals surface area contributed by atoms with E-state index in [1.807, 2.05) is 0 Å². The van der Waals surface area contributed by atoms with Gasteiger partial charge in [0.2, 0.25) is 10.0 Å². The van der Waals surface area contributed by atoms with Crippen LogP contribution in [0, 0.1) is 0 Å². The first-order valence-electron chi connectivity index (χ1n) is 5.70. The summed E-state index contributed by atoms with van der Waals surface area (Å²) in [6.07, 6.45) is 1.37. The van der Waals surface area contributed by atoms with Crippen LogP contribution in [0.2, 0.25) is 5.02 Å². The molecule has 0 saturated carbocycles. The Morgan fingerprint density at radius 1 is 1.48 bits per heavy atom. The number of aromatic carboxylic acids is 1. The van der Waals surface area contributed by atoms with Crippen LogP contribution in [0.15, 0.2) is 34.2 Å². The van der Waals surface area contributed by atoms with Crippen molar-refractivity contribution in [3.63, 3.8) is 0 Å². The summed E-state index contributed by atoms with van der Waals surface area (Å²) in [7, 11) is -3.97. The third-order valence-electron chi connectivity index (χ3n) is 2.55. The molecule has 0 radical (unpaired) electrons. The number of aliphatic hydroxyl groups is 1. The number of carboxylic acid groups (broad SMARTS) is 1. The highest BCUT2D eigenvalue weighted by atomic mass is 79.9. The number of hydrogen-bond acceptors (Lipinski definition) is 4. The maximum atomic E-state index is 12.5. The number of nitrogens with zero attached hydrogens (tertiary/aromatic N) is 1. The number of carbonyl (C=O) groups is 1. The molecule has 0 aliphatic rings. The zero-order valence-electron chi connectivity index (χ0n) is 10.8. The highest BCUT2D eigenvalue weighted by Crippen LogP contribution is 2.31. The van der Waals surface area contributed by atoms with Crippen molar-refractivity contribution in [1.82, 2.24) is 4.31 Å². The number of benzene rings is 1. The molecule has 0 aliphatic heterocycles. The minimum absolute atomic E-state index is 0.00839. The third kappa shape index (κ3) is 4.04. The molecule has 21 heavy (non-hydrogen) atoms. The monoisotopic (exact) mass is 397 g/mol. The number of carboxylic acids is 1. The van der Waals surface area contributed by atoms with E-state index >= 15 is 0 Å². The molecule has 0 amide bonds. The summed E-state index contributed by atoms with van der Waals surface area (Å²) in [5.41, 5.74) is -0.327. The van der Waals surface area contributed by atoms with Crippen molar-refractivity contribution in [3.8, 4) is 0 Å². The van der Waals surface area contributed by atoms with Gasteiger partial charge in [0.1, 0.15) is 0 Å². The van der Waals surface area contributed by atoms with Gasteiger partial charge in [-0.05, 0) is 28.1 Å². The van der Waals surface area contributed by atoms with Gasteiger partial charge in [-0.1, -0.05) is 17.7 Å². The first-order valence-corrected chi connectivity index (χ1v) is 8.31. The Morgan fingerprint density at radius 2 is 2.10 bits per heavy atom. The van der Waals surface area contributed by atoms with Crippen molar-refractivity contribution in [3.05, 3.63) is 39.8 Å². The first kappa shape index (κ1) is 18.1. The van der Waals surface area contributed by atoms with Crippen LogP contribution in [0.1, 0.15) is 10.4 Å². The van der Waals surface area contributed by atoms with E-state index in [0.29, 0.717) is 0 Å². The lowest BCUT2D eigenvalue weighted by Crippen LogP contribution is -2.33. The summed E-state index contributed by atoms with van der Waals surface area (Å²) in [4.78, 5) is 10.9. The van der Waals surface area contributed by atoms with E-state index in [2.05, 4.69) is 22.5 Å². The van der Waals surface area contributed by atoms with E-state index < -0.39 is 16.0 Å². The van der Waals surface area contributed by atoms with Crippen molar-refractivity contribution in [1.29, 1.82) is 0 Å². The van der Waals surface area contributed by atoms with Crippen LogP contribution >= 0.6 is 27.5 Å². The van der Waals surface area contributed by atoms with Gasteiger partial charge in [0, 0.05) is 17.6 Å². The average Bonchev–Trinajstić information content (AvgIpc) is 2.40. The van der Waals surface area contributed by atoms with Gasteiger partial charge in [0.25, 0.3) is 0 Å². The molecular formula is C12H13BrClNO5S. The van der Waals surface area contributed by atoms with E-state index in [1.54, 1.807) is 0 Å². The summed E-state index contributed by atoms with van der Waals surface area (Å²) in [6.45, 7) is 2.95. The summed E-state index contributed by atoms with van der Waals surface area (Å²) in [5, 5.41) is 17.9. The molecule has 0 aliphatic carbocycles. The van der Waals surface area contributed by atoms with Gasteiger partial charge in [-0.25, -0.2) is 13.2 Å². The number of aliphatic hydroxyl groups excluding tert-OH is 1. The minimum atomic E-state index is -3.97. The Kier molecular flexibility index (Phi) is 6.36. The van der Waals surface area contributed by atoms with E-state index in [9.17, 15) is 13.2 Å². The zero-order chi connectivity index (χ0) is 16.2. The molecule has 0 unspecified atom stereocenters. The predicted octanol–water partition coefficient (Wildman–Crippen LogP) is 1.97. The number of sulfonamides is 1. The largest absolute Gasteiger partial charge is 0.478 e. The molecule has 0 bridgehead atoms. The molecule has 0 fully saturated rings. The first-order chi connectivity index (χ1) is 9.75. The van der Waals surface area contributed by atoms with Gasteiger partial charge < -0.3 is 10.2 Å². The molecule has 1 aromatic rings. The summed E-state index contributed by atoms with van der Waals surface area (Å²) >= 11 is 8.86. The van der Waals surface area contributed by atoms with Crippen molar-refractivity contribution in [2.45, 2.75) is 4.90 Å². The van der Waals surface area contributed by atoms with Gasteiger partial charge in [0.15, 0.2) is 0 Å². The van der Waals surface area contributed by atoms with Gasteiger partial charge in [-0.3, -0.25) is 0 Å². The summed E-state index contributed by atoms with van der Waals surface area (Å²) < 4.78 is 26.1.